The van der Waals surface area contributed by atoms with Crippen LogP contribution in [0.3, 0.4) is 0 Å². The zero-order valence-corrected chi connectivity index (χ0v) is 16.8. The lowest BCUT2D eigenvalue weighted by atomic mass is 9.79. The molecule has 2 aromatic rings. The van der Waals surface area contributed by atoms with Crippen LogP contribution in [0.5, 0.6) is 0 Å². The molecule has 0 bridgehead atoms. The van der Waals surface area contributed by atoms with Crippen molar-refractivity contribution in [1.29, 1.82) is 0 Å². The van der Waals surface area contributed by atoms with E-state index in [2.05, 4.69) is 15.9 Å². The molecule has 2 aromatic carbocycles. The molecule has 10 heteroatoms. The second-order valence-corrected chi connectivity index (χ2v) is 8.11. The molecule has 1 heterocycles. The Morgan fingerprint density at radius 2 is 1.78 bits per heavy atom. The molecular weight excluding hydrogens is 472 g/mol. The highest BCUT2D eigenvalue weighted by Gasteiger charge is 2.59. The van der Waals surface area contributed by atoms with Crippen LogP contribution in [0.1, 0.15) is 12.0 Å². The number of alkyl halides is 3. The molecule has 0 spiro atoms. The molecular formula is C17H14BrCl2F3N2O2. The van der Waals surface area contributed by atoms with E-state index < -0.39 is 16.8 Å². The van der Waals surface area contributed by atoms with Crippen molar-refractivity contribution in [2.24, 2.45) is 0 Å². The third-order valence-electron chi connectivity index (χ3n) is 4.78. The maximum atomic E-state index is 14.1. The molecule has 1 aliphatic rings. The van der Waals surface area contributed by atoms with Crippen LogP contribution in [0.4, 0.5) is 24.5 Å². The highest BCUT2D eigenvalue weighted by Crippen LogP contribution is 2.49. The van der Waals surface area contributed by atoms with Gasteiger partial charge in [0.15, 0.2) is 5.69 Å². The number of benzene rings is 2. The maximum Gasteiger partial charge on any atom is 0.400 e. The van der Waals surface area contributed by atoms with Crippen molar-refractivity contribution in [2.75, 3.05) is 18.0 Å². The van der Waals surface area contributed by atoms with E-state index in [1.807, 2.05) is 0 Å². The Morgan fingerprint density at radius 3 is 2.30 bits per heavy atom. The quantitative estimate of drug-likeness (QED) is 0.610. The molecule has 1 fully saturated rings. The smallest absolute Gasteiger partial charge is 0.400 e. The van der Waals surface area contributed by atoms with Gasteiger partial charge >= 0.3 is 6.18 Å². The average molecular weight is 486 g/mol. The van der Waals surface area contributed by atoms with Crippen LogP contribution in [0.15, 0.2) is 40.9 Å². The fourth-order valence-corrected chi connectivity index (χ4v) is 4.43. The van der Waals surface area contributed by atoms with Crippen LogP contribution in [0, 0.1) is 5.21 Å². The van der Waals surface area contributed by atoms with E-state index in [0.29, 0.717) is 10.2 Å². The third kappa shape index (κ3) is 3.92. The molecule has 2 atom stereocenters. The zero-order valence-electron chi connectivity index (χ0n) is 13.7. The van der Waals surface area contributed by atoms with Crippen molar-refractivity contribution < 1.29 is 23.6 Å². The Morgan fingerprint density at radius 1 is 1.15 bits per heavy atom. The van der Waals surface area contributed by atoms with Crippen molar-refractivity contribution in [3.63, 3.8) is 0 Å². The minimum atomic E-state index is -4.51. The van der Waals surface area contributed by atoms with Gasteiger partial charge < -0.3 is 10.1 Å². The summed E-state index contributed by atoms with van der Waals surface area (Å²) >= 11 is 15.0. The summed E-state index contributed by atoms with van der Waals surface area (Å²) in [4.78, 5) is 1.58. The molecule has 146 valence electrons. The number of halogens is 6. The van der Waals surface area contributed by atoms with Gasteiger partial charge in [-0.25, -0.2) is 5.21 Å². The Kier molecular flexibility index (Phi) is 5.69. The summed E-state index contributed by atoms with van der Waals surface area (Å²) in [5.41, 5.74) is -1.54. The van der Waals surface area contributed by atoms with Gasteiger partial charge in [0, 0.05) is 34.9 Å². The van der Waals surface area contributed by atoms with Gasteiger partial charge in [-0.1, -0.05) is 23.2 Å². The standard InChI is InChI=1S/C17H14BrCl2F3N2O2/c18-14-8-13(1-2-15(14)25(26)27)24-4-3-16(9-24,17(21,22)23)10-5-11(19)7-12(20)6-10/h1-2,5-8,25-26H,3-4,9H2. The van der Waals surface area contributed by atoms with E-state index in [9.17, 15) is 18.4 Å². The van der Waals surface area contributed by atoms with Gasteiger partial charge in [-0.3, -0.25) is 0 Å². The molecule has 0 aliphatic carbocycles. The second-order valence-electron chi connectivity index (χ2n) is 6.38. The molecule has 0 saturated carbocycles. The van der Waals surface area contributed by atoms with Crippen molar-refractivity contribution in [3.8, 4) is 0 Å². The summed E-state index contributed by atoms with van der Waals surface area (Å²) in [6.07, 6.45) is -4.67. The average Bonchev–Trinajstić information content (AvgIpc) is 3.00. The Labute approximate surface area is 171 Å². The largest absolute Gasteiger partial charge is 0.595 e. The van der Waals surface area contributed by atoms with Crippen LogP contribution in [-0.4, -0.2) is 24.5 Å². The van der Waals surface area contributed by atoms with E-state index in [0.717, 1.165) is 0 Å². The van der Waals surface area contributed by atoms with Crippen molar-refractivity contribution >= 4 is 50.5 Å². The van der Waals surface area contributed by atoms with E-state index in [-0.39, 0.29) is 40.8 Å². The molecule has 3 rings (SSSR count). The van der Waals surface area contributed by atoms with Crippen LogP contribution in [0.25, 0.3) is 0 Å². The van der Waals surface area contributed by atoms with E-state index in [1.165, 1.54) is 36.4 Å². The molecule has 0 amide bonds. The summed E-state index contributed by atoms with van der Waals surface area (Å²) in [5.74, 6) is 0. The summed E-state index contributed by atoms with van der Waals surface area (Å²) in [7, 11) is 0. The summed E-state index contributed by atoms with van der Waals surface area (Å²) in [5, 5.41) is 19.4. The number of nitrogens with zero attached hydrogens (tertiary/aromatic N) is 1. The highest BCUT2D eigenvalue weighted by atomic mass is 79.9. The third-order valence-corrected chi connectivity index (χ3v) is 5.87. The number of hydrogen-bond donors (Lipinski definition) is 2. The van der Waals surface area contributed by atoms with E-state index in [4.69, 9.17) is 28.4 Å². The van der Waals surface area contributed by atoms with Crippen LogP contribution in [-0.2, 0) is 5.41 Å². The fourth-order valence-electron chi connectivity index (χ4n) is 3.37. The lowest BCUT2D eigenvalue weighted by Crippen LogP contribution is -2.99. The number of rotatable bonds is 3. The summed E-state index contributed by atoms with van der Waals surface area (Å²) < 4.78 is 42.6. The fraction of sp³-hybridized carbons (Fsp3) is 0.294. The monoisotopic (exact) mass is 484 g/mol. The zero-order chi connectivity index (χ0) is 20.0. The van der Waals surface area contributed by atoms with Gasteiger partial charge in [-0.15, -0.1) is 0 Å². The normalized spacial score (nSPS) is 21.6. The van der Waals surface area contributed by atoms with Gasteiger partial charge in [0.05, 0.1) is 4.47 Å². The molecule has 4 nitrogen and oxygen atoms in total. The first-order valence-electron chi connectivity index (χ1n) is 7.84. The Balaban J connectivity index is 1.99. The lowest BCUT2D eigenvalue weighted by Gasteiger charge is -2.33. The molecule has 2 unspecified atom stereocenters. The van der Waals surface area contributed by atoms with Gasteiger partial charge in [0.1, 0.15) is 5.41 Å². The van der Waals surface area contributed by atoms with Crippen LogP contribution >= 0.6 is 39.1 Å². The number of anilines is 1. The Hall–Kier alpha value is -1.03. The molecule has 0 radical (unpaired) electrons. The van der Waals surface area contributed by atoms with Crippen molar-refractivity contribution in [1.82, 2.24) is 0 Å². The second kappa shape index (κ2) is 7.42. The minimum absolute atomic E-state index is 0.0243. The summed E-state index contributed by atoms with van der Waals surface area (Å²) in [6.45, 7) is -0.158. The molecule has 2 N–H and O–H groups in total. The first-order valence-corrected chi connectivity index (χ1v) is 9.39. The predicted octanol–water partition coefficient (Wildman–Crippen LogP) is 4.87. The van der Waals surface area contributed by atoms with Crippen molar-refractivity contribution in [3.05, 3.63) is 61.7 Å². The maximum absolute atomic E-state index is 14.1. The first-order chi connectivity index (χ1) is 12.5. The van der Waals surface area contributed by atoms with Gasteiger partial charge in [0.2, 0.25) is 0 Å². The predicted molar refractivity (Wildman–Crippen MR) is 101 cm³/mol. The highest BCUT2D eigenvalue weighted by molar-refractivity contribution is 9.10. The topological polar surface area (TPSA) is 51.0 Å². The van der Waals surface area contributed by atoms with Gasteiger partial charge in [-0.2, -0.15) is 18.4 Å². The SMILES string of the molecule is [O-][NH+](O)c1ccc(N2CCC(c3cc(Cl)cc(Cl)c3)(C(F)(F)F)C2)cc1Br. The molecule has 1 aliphatic heterocycles. The Bertz CT molecular complexity index is 846. The van der Waals surface area contributed by atoms with Crippen molar-refractivity contribution in [2.45, 2.75) is 18.0 Å². The number of hydrogen-bond acceptors (Lipinski definition) is 3. The molecule has 27 heavy (non-hydrogen) atoms. The summed E-state index contributed by atoms with van der Waals surface area (Å²) in [6, 6.07) is 8.38. The van der Waals surface area contributed by atoms with E-state index >= 15 is 0 Å². The van der Waals surface area contributed by atoms with Crippen LogP contribution < -0.4 is 10.1 Å². The van der Waals surface area contributed by atoms with Gasteiger partial charge in [0.25, 0.3) is 0 Å². The lowest BCUT2D eigenvalue weighted by molar-refractivity contribution is -0.991. The number of nitrogens with one attached hydrogen (secondary N) is 1. The first kappa shape index (κ1) is 20.7. The van der Waals surface area contributed by atoms with Gasteiger partial charge in [-0.05, 0) is 58.2 Å². The molecule has 0 aromatic heterocycles. The number of quaternary nitrogens is 1. The van der Waals surface area contributed by atoms with Crippen LogP contribution in [0.2, 0.25) is 10.0 Å². The van der Waals surface area contributed by atoms with E-state index in [1.54, 1.807) is 4.90 Å². The minimum Gasteiger partial charge on any atom is -0.595 e. The molecule has 1 saturated heterocycles.